The van der Waals surface area contributed by atoms with Crippen LogP contribution in [0.2, 0.25) is 0 Å². The Balaban J connectivity index is 1.08. The van der Waals surface area contributed by atoms with Crippen LogP contribution in [0.3, 0.4) is 0 Å². The van der Waals surface area contributed by atoms with Gasteiger partial charge in [0.05, 0.1) is 22.1 Å². The van der Waals surface area contributed by atoms with Gasteiger partial charge in [0, 0.05) is 43.7 Å². The van der Waals surface area contributed by atoms with Gasteiger partial charge in [0.25, 0.3) is 0 Å². The minimum absolute atomic E-state index is 0.371. The van der Waals surface area contributed by atoms with Gasteiger partial charge in [-0.1, -0.05) is 146 Å². The van der Waals surface area contributed by atoms with Crippen molar-refractivity contribution in [2.75, 3.05) is 0 Å². The zero-order valence-corrected chi connectivity index (χ0v) is 37.5. The molecular formula is C66H40N2. The summed E-state index contributed by atoms with van der Waals surface area (Å²) in [6, 6.07) is 80.1. The second kappa shape index (κ2) is 11.9. The monoisotopic (exact) mass is 860 g/mol. The standard InChI is InChI=1S/C66H40N2/c1-65-39-21-27-49-47-13-5-9-17-59(47)67(61(49)33-39)41-23-30-52-53(35-41)63(37-19-25-45(57(65)31-37)43-11-3-7-15-55(43)65)51-29-24-42-36-54(51)64(52)38-20-26-46-44-12-4-8-16-56(44)66(2,58(46)32-38)40-22-28-50-48-14-6-10-18-60(48)68(42)62(50)34-40/h3-36H,1-2H3. The van der Waals surface area contributed by atoms with Crippen LogP contribution in [0.15, 0.2) is 206 Å². The van der Waals surface area contributed by atoms with Crippen molar-refractivity contribution >= 4 is 65.2 Å². The molecule has 0 spiro atoms. The van der Waals surface area contributed by atoms with Crippen molar-refractivity contribution in [2.45, 2.75) is 24.7 Å². The number of aromatic nitrogens is 2. The SMILES string of the molecule is CC12c3ccc4c5ccccc5n(c4c3)-c3ccc4c5c6cc(ccc6c(c4c3)-c3ccc(c1c3)-c1ccccc12)-n1c2ccccc2c2ccc(cc21)C1(C)c2ccccc2-c2ccc-5cc21. The third-order valence-corrected chi connectivity index (χ3v) is 17.3. The van der Waals surface area contributed by atoms with Crippen molar-refractivity contribution in [3.63, 3.8) is 0 Å². The van der Waals surface area contributed by atoms with Crippen LogP contribution >= 0.6 is 0 Å². The number of fused-ring (bicyclic) bond motifs is 26. The molecule has 2 heteroatoms. The normalized spacial score (nSPS) is 17.7. The van der Waals surface area contributed by atoms with Crippen molar-refractivity contribution in [3.8, 4) is 55.9 Å². The Kier molecular flexibility index (Phi) is 6.27. The van der Waals surface area contributed by atoms with Crippen LogP contribution in [-0.4, -0.2) is 9.13 Å². The summed E-state index contributed by atoms with van der Waals surface area (Å²) < 4.78 is 5.07. The summed E-state index contributed by atoms with van der Waals surface area (Å²) >= 11 is 0. The summed E-state index contributed by atoms with van der Waals surface area (Å²) in [7, 11) is 0. The van der Waals surface area contributed by atoms with Gasteiger partial charge in [-0.05, 0) is 174 Å². The van der Waals surface area contributed by atoms with Crippen molar-refractivity contribution < 1.29 is 0 Å². The molecule has 13 aromatic rings. The molecule has 2 aromatic heterocycles. The van der Waals surface area contributed by atoms with E-state index in [1.807, 2.05) is 0 Å². The fourth-order valence-electron chi connectivity index (χ4n) is 14.1. The summed E-state index contributed by atoms with van der Waals surface area (Å²) in [4.78, 5) is 0. The second-order valence-electron chi connectivity index (χ2n) is 20.2. The highest BCUT2D eigenvalue weighted by molar-refractivity contribution is 6.23. The molecule has 12 bridgehead atoms. The van der Waals surface area contributed by atoms with E-state index in [4.69, 9.17) is 0 Å². The average Bonchev–Trinajstić information content (AvgIpc) is 4.07. The van der Waals surface area contributed by atoms with Gasteiger partial charge >= 0.3 is 0 Å². The van der Waals surface area contributed by atoms with Gasteiger partial charge in [-0.25, -0.2) is 0 Å². The molecule has 0 radical (unpaired) electrons. The highest BCUT2D eigenvalue weighted by Gasteiger charge is 2.43. The lowest BCUT2D eigenvalue weighted by Gasteiger charge is -2.30. The molecule has 0 saturated carbocycles. The molecule has 314 valence electrons. The molecule has 2 aliphatic heterocycles. The smallest absolute Gasteiger partial charge is 0.0544 e. The lowest BCUT2D eigenvalue weighted by atomic mass is 9.73. The summed E-state index contributed by atoms with van der Waals surface area (Å²) in [5, 5.41) is 10.1. The molecule has 2 unspecified atom stereocenters. The van der Waals surface area contributed by atoms with Crippen molar-refractivity contribution in [3.05, 3.63) is 240 Å². The maximum atomic E-state index is 2.55. The van der Waals surface area contributed by atoms with Gasteiger partial charge < -0.3 is 9.13 Å². The maximum Gasteiger partial charge on any atom is 0.0544 e. The van der Waals surface area contributed by atoms with Gasteiger partial charge in [-0.2, -0.15) is 0 Å². The van der Waals surface area contributed by atoms with E-state index in [-0.39, 0.29) is 10.8 Å². The number of hydrogen-bond donors (Lipinski definition) is 0. The van der Waals surface area contributed by atoms with Crippen LogP contribution < -0.4 is 0 Å². The number of benzene rings is 11. The Morgan fingerprint density at radius 1 is 0.279 bits per heavy atom. The molecule has 4 aliphatic rings. The average molecular weight is 861 g/mol. The highest BCUT2D eigenvalue weighted by Crippen LogP contribution is 2.58. The van der Waals surface area contributed by atoms with E-state index in [1.54, 1.807) is 0 Å². The third kappa shape index (κ3) is 4.03. The predicted octanol–water partition coefficient (Wildman–Crippen LogP) is 16.8. The van der Waals surface area contributed by atoms with Crippen molar-refractivity contribution in [1.29, 1.82) is 0 Å². The fraction of sp³-hybridized carbons (Fsp3) is 0.0606. The lowest BCUT2D eigenvalue weighted by Crippen LogP contribution is -2.22. The fourth-order valence-corrected chi connectivity index (χ4v) is 14.1. The molecule has 2 atom stereocenters. The number of hydrogen-bond acceptors (Lipinski definition) is 0. The minimum Gasteiger partial charge on any atom is -0.309 e. The molecule has 0 N–H and O–H groups in total. The Morgan fingerprint density at radius 3 is 1.16 bits per heavy atom. The highest BCUT2D eigenvalue weighted by atomic mass is 15.0. The van der Waals surface area contributed by atoms with E-state index in [1.165, 1.54) is 154 Å². The van der Waals surface area contributed by atoms with Gasteiger partial charge in [0.1, 0.15) is 0 Å². The van der Waals surface area contributed by atoms with E-state index in [0.29, 0.717) is 0 Å². The molecule has 11 aromatic carbocycles. The van der Waals surface area contributed by atoms with Crippen LogP contribution in [-0.2, 0) is 10.8 Å². The quantitative estimate of drug-likeness (QED) is 0.134. The van der Waals surface area contributed by atoms with Crippen molar-refractivity contribution in [1.82, 2.24) is 9.13 Å². The first-order chi connectivity index (χ1) is 33.5. The summed E-state index contributed by atoms with van der Waals surface area (Å²) in [6.45, 7) is 4.93. The first kappa shape index (κ1) is 35.8. The molecule has 2 aliphatic carbocycles. The first-order valence-corrected chi connectivity index (χ1v) is 24.1. The molecule has 68 heavy (non-hydrogen) atoms. The Bertz CT molecular complexity index is 4250. The maximum absolute atomic E-state index is 2.55. The molecule has 0 amide bonds. The van der Waals surface area contributed by atoms with Gasteiger partial charge in [0.15, 0.2) is 0 Å². The number of rotatable bonds is 0. The molecule has 17 rings (SSSR count). The Hall–Kier alpha value is -8.46. The van der Waals surface area contributed by atoms with Crippen LogP contribution in [0.4, 0.5) is 0 Å². The van der Waals surface area contributed by atoms with Crippen LogP contribution in [0.25, 0.3) is 121 Å². The summed E-state index contributed by atoms with van der Waals surface area (Å²) in [5.74, 6) is 0. The van der Waals surface area contributed by atoms with Crippen LogP contribution in [0.1, 0.15) is 47.2 Å². The zero-order valence-electron chi connectivity index (χ0n) is 37.5. The van der Waals surface area contributed by atoms with Crippen LogP contribution in [0, 0.1) is 0 Å². The second-order valence-corrected chi connectivity index (χ2v) is 20.2. The number of nitrogens with zero attached hydrogens (tertiary/aromatic N) is 2. The van der Waals surface area contributed by atoms with Gasteiger partial charge in [-0.15, -0.1) is 0 Å². The first-order valence-electron chi connectivity index (χ1n) is 24.1. The number of para-hydroxylation sites is 2. The topological polar surface area (TPSA) is 9.86 Å². The summed E-state index contributed by atoms with van der Waals surface area (Å²) in [6.07, 6.45) is 0. The molecule has 4 heterocycles. The zero-order chi connectivity index (χ0) is 44.4. The van der Waals surface area contributed by atoms with E-state index in [0.717, 1.165) is 0 Å². The third-order valence-electron chi connectivity index (χ3n) is 17.3. The van der Waals surface area contributed by atoms with Gasteiger partial charge in [0.2, 0.25) is 0 Å². The molecule has 2 nitrogen and oxygen atoms in total. The summed E-state index contributed by atoms with van der Waals surface area (Å²) in [5.41, 5.74) is 24.9. The molecular weight excluding hydrogens is 821 g/mol. The predicted molar refractivity (Wildman–Crippen MR) is 283 cm³/mol. The molecule has 0 saturated heterocycles. The van der Waals surface area contributed by atoms with E-state index in [9.17, 15) is 0 Å². The van der Waals surface area contributed by atoms with E-state index in [2.05, 4.69) is 229 Å². The molecule has 0 fully saturated rings. The minimum atomic E-state index is -0.371. The van der Waals surface area contributed by atoms with E-state index >= 15 is 0 Å². The van der Waals surface area contributed by atoms with Crippen LogP contribution in [0.5, 0.6) is 0 Å². The lowest BCUT2D eigenvalue weighted by molar-refractivity contribution is 0.715. The van der Waals surface area contributed by atoms with Gasteiger partial charge in [-0.3, -0.25) is 0 Å². The van der Waals surface area contributed by atoms with E-state index < -0.39 is 0 Å². The Labute approximate surface area is 392 Å². The Morgan fingerprint density at radius 2 is 0.676 bits per heavy atom. The largest absolute Gasteiger partial charge is 0.309 e. The van der Waals surface area contributed by atoms with Crippen molar-refractivity contribution in [2.24, 2.45) is 0 Å².